The third-order valence-corrected chi connectivity index (χ3v) is 4.75. The van der Waals surface area contributed by atoms with E-state index in [1.807, 2.05) is 0 Å². The molecule has 1 N–H and O–H groups in total. The van der Waals surface area contributed by atoms with Crippen LogP contribution in [0.1, 0.15) is 33.5 Å². The Morgan fingerprint density at radius 3 is 2.37 bits per heavy atom. The van der Waals surface area contributed by atoms with Crippen molar-refractivity contribution >= 4 is 34.9 Å². The molecule has 0 aliphatic carbocycles. The molecule has 0 fully saturated rings. The molecule has 0 amide bonds. The van der Waals surface area contributed by atoms with Crippen molar-refractivity contribution in [2.75, 3.05) is 0 Å². The van der Waals surface area contributed by atoms with Crippen LogP contribution in [0.15, 0.2) is 41.6 Å². The normalized spacial score (nSPS) is 19.6. The summed E-state index contributed by atoms with van der Waals surface area (Å²) >= 11 is 11.7. The molecule has 0 spiro atoms. The summed E-state index contributed by atoms with van der Waals surface area (Å²) in [6.45, 7) is 1.59. The van der Waals surface area contributed by atoms with Gasteiger partial charge in [0.2, 0.25) is 0 Å². The van der Waals surface area contributed by atoms with E-state index in [1.165, 1.54) is 24.3 Å². The fraction of sp³-hybridized carbons (Fsp3) is 0.222. The highest BCUT2D eigenvalue weighted by molar-refractivity contribution is 6.34. The predicted octanol–water partition coefficient (Wildman–Crippen LogP) is 5.58. The van der Waals surface area contributed by atoms with Crippen LogP contribution >= 0.6 is 23.2 Å². The van der Waals surface area contributed by atoms with Crippen molar-refractivity contribution in [3.05, 3.63) is 68.7 Å². The first-order chi connectivity index (χ1) is 12.5. The Hall–Kier alpha value is -2.25. The van der Waals surface area contributed by atoms with Crippen molar-refractivity contribution in [2.45, 2.75) is 25.1 Å². The second-order valence-electron chi connectivity index (χ2n) is 6.12. The number of alkyl halides is 3. The number of halogens is 5. The van der Waals surface area contributed by atoms with Crippen molar-refractivity contribution in [3.8, 4) is 0 Å². The number of carbonyl (C=O) groups is 1. The molecule has 1 aliphatic rings. The number of benzene rings is 2. The SMILES string of the molecule is Cc1ccc(C2=NOC(c3cc(Cl)cc(Cl)c3)(C(F)(F)F)C2)cc1C(=O)O. The van der Waals surface area contributed by atoms with E-state index in [9.17, 15) is 23.1 Å². The molecule has 0 radical (unpaired) electrons. The first-order valence-electron chi connectivity index (χ1n) is 7.66. The molecule has 1 atom stereocenters. The number of aryl methyl sites for hydroxylation is 1. The fourth-order valence-electron chi connectivity index (χ4n) is 2.88. The Morgan fingerprint density at radius 2 is 1.81 bits per heavy atom. The van der Waals surface area contributed by atoms with E-state index in [0.29, 0.717) is 5.56 Å². The molecule has 9 heteroatoms. The van der Waals surface area contributed by atoms with Crippen molar-refractivity contribution in [1.29, 1.82) is 0 Å². The summed E-state index contributed by atoms with van der Waals surface area (Å²) in [6, 6.07) is 7.84. The molecule has 1 unspecified atom stereocenters. The summed E-state index contributed by atoms with van der Waals surface area (Å²) in [5.74, 6) is -1.18. The molecule has 142 valence electrons. The van der Waals surface area contributed by atoms with Gasteiger partial charge in [-0.2, -0.15) is 13.2 Å². The first-order valence-corrected chi connectivity index (χ1v) is 8.42. The molecule has 2 aromatic carbocycles. The molecule has 0 saturated carbocycles. The Morgan fingerprint density at radius 1 is 1.19 bits per heavy atom. The second-order valence-corrected chi connectivity index (χ2v) is 7.00. The van der Waals surface area contributed by atoms with Gasteiger partial charge in [0, 0.05) is 27.6 Å². The number of carboxylic acid groups (broad SMARTS) is 1. The summed E-state index contributed by atoms with van der Waals surface area (Å²) in [7, 11) is 0. The number of hydrogen-bond acceptors (Lipinski definition) is 3. The van der Waals surface area contributed by atoms with Gasteiger partial charge in [-0.1, -0.05) is 40.5 Å². The topological polar surface area (TPSA) is 58.9 Å². The average molecular weight is 418 g/mol. The standard InChI is InChI=1S/C18H12Cl2F3NO3/c1-9-2-3-10(4-14(9)16(25)26)15-8-17(27-24-15,18(21,22)23)11-5-12(19)7-13(20)6-11/h2-7H,8H2,1H3,(H,25,26). The van der Waals surface area contributed by atoms with E-state index in [2.05, 4.69) is 5.16 Å². The lowest BCUT2D eigenvalue weighted by molar-refractivity contribution is -0.275. The maximum absolute atomic E-state index is 13.9. The lowest BCUT2D eigenvalue weighted by Gasteiger charge is -2.29. The van der Waals surface area contributed by atoms with Crippen molar-refractivity contribution in [3.63, 3.8) is 0 Å². The number of oxime groups is 1. The number of hydrogen-bond donors (Lipinski definition) is 1. The van der Waals surface area contributed by atoms with Crippen LogP contribution in [-0.4, -0.2) is 23.0 Å². The molecule has 2 aromatic rings. The molecule has 4 nitrogen and oxygen atoms in total. The minimum Gasteiger partial charge on any atom is -0.478 e. The summed E-state index contributed by atoms with van der Waals surface area (Å²) in [5.41, 5.74) is -2.37. The molecule has 0 aromatic heterocycles. The van der Waals surface area contributed by atoms with Gasteiger partial charge in [0.25, 0.3) is 5.60 Å². The Kier molecular flexibility index (Phi) is 4.86. The summed E-state index contributed by atoms with van der Waals surface area (Å²) < 4.78 is 41.8. The highest BCUT2D eigenvalue weighted by Crippen LogP contribution is 2.49. The molecule has 3 rings (SSSR count). The third-order valence-electron chi connectivity index (χ3n) is 4.32. The molecule has 1 aliphatic heterocycles. The average Bonchev–Trinajstić information content (AvgIpc) is 3.00. The largest absolute Gasteiger partial charge is 0.478 e. The summed E-state index contributed by atoms with van der Waals surface area (Å²) in [4.78, 5) is 16.2. The van der Waals surface area contributed by atoms with Gasteiger partial charge in [-0.3, -0.25) is 0 Å². The lowest BCUT2D eigenvalue weighted by Crippen LogP contribution is -2.42. The van der Waals surface area contributed by atoms with E-state index < -0.39 is 24.2 Å². The maximum atomic E-state index is 13.9. The quantitative estimate of drug-likeness (QED) is 0.708. The van der Waals surface area contributed by atoms with E-state index in [4.69, 9.17) is 28.0 Å². The monoisotopic (exact) mass is 417 g/mol. The molecule has 1 heterocycles. The minimum absolute atomic E-state index is 0.0223. The highest BCUT2D eigenvalue weighted by Gasteiger charge is 2.62. The van der Waals surface area contributed by atoms with Gasteiger partial charge < -0.3 is 9.94 Å². The molecule has 0 bridgehead atoms. The maximum Gasteiger partial charge on any atom is 0.435 e. The Bertz CT molecular complexity index is 939. The highest BCUT2D eigenvalue weighted by atomic mass is 35.5. The van der Waals surface area contributed by atoms with Gasteiger partial charge in [0.15, 0.2) is 0 Å². The first kappa shape index (κ1) is 19.5. The van der Waals surface area contributed by atoms with Crippen molar-refractivity contribution < 1.29 is 27.9 Å². The second kappa shape index (κ2) is 6.73. The minimum atomic E-state index is -4.81. The fourth-order valence-corrected chi connectivity index (χ4v) is 3.40. The van der Waals surface area contributed by atoms with E-state index >= 15 is 0 Å². The zero-order valence-electron chi connectivity index (χ0n) is 13.8. The van der Waals surface area contributed by atoms with Crippen LogP contribution in [0, 0.1) is 6.92 Å². The van der Waals surface area contributed by atoms with E-state index in [0.717, 1.165) is 12.1 Å². The van der Waals surface area contributed by atoms with Crippen LogP contribution in [-0.2, 0) is 10.4 Å². The van der Waals surface area contributed by atoms with Crippen LogP contribution in [0.5, 0.6) is 0 Å². The third kappa shape index (κ3) is 3.49. The van der Waals surface area contributed by atoms with Crippen molar-refractivity contribution in [1.82, 2.24) is 0 Å². The summed E-state index contributed by atoms with van der Waals surface area (Å²) in [6.07, 6.45) is -5.46. The number of aromatic carboxylic acids is 1. The molecule has 0 saturated heterocycles. The smallest absolute Gasteiger partial charge is 0.435 e. The molecular weight excluding hydrogens is 406 g/mol. The summed E-state index contributed by atoms with van der Waals surface area (Å²) in [5, 5.41) is 12.9. The zero-order chi connectivity index (χ0) is 20.0. The number of carboxylic acids is 1. The zero-order valence-corrected chi connectivity index (χ0v) is 15.3. The Balaban J connectivity index is 2.05. The van der Waals surface area contributed by atoms with Gasteiger partial charge in [-0.05, 0) is 36.8 Å². The predicted molar refractivity (Wildman–Crippen MR) is 94.6 cm³/mol. The van der Waals surface area contributed by atoms with E-state index in [1.54, 1.807) is 6.92 Å². The van der Waals surface area contributed by atoms with Crippen LogP contribution in [0.3, 0.4) is 0 Å². The van der Waals surface area contributed by atoms with E-state index in [-0.39, 0.29) is 32.4 Å². The van der Waals surface area contributed by atoms with Crippen LogP contribution in [0.2, 0.25) is 10.0 Å². The molecule has 27 heavy (non-hydrogen) atoms. The van der Waals surface area contributed by atoms with Gasteiger partial charge in [-0.15, -0.1) is 0 Å². The van der Waals surface area contributed by atoms with Crippen LogP contribution in [0.4, 0.5) is 13.2 Å². The van der Waals surface area contributed by atoms with Crippen molar-refractivity contribution in [2.24, 2.45) is 5.16 Å². The Labute approximate surface area is 162 Å². The lowest BCUT2D eigenvalue weighted by atomic mass is 9.86. The molecular formula is C18H12Cl2F3NO3. The van der Waals surface area contributed by atoms with Gasteiger partial charge in [0.05, 0.1) is 11.3 Å². The number of nitrogens with zero attached hydrogens (tertiary/aromatic N) is 1. The van der Waals surface area contributed by atoms with Gasteiger partial charge in [0.1, 0.15) is 0 Å². The number of rotatable bonds is 3. The van der Waals surface area contributed by atoms with Gasteiger partial charge >= 0.3 is 12.1 Å². The van der Waals surface area contributed by atoms with Gasteiger partial charge in [-0.25, -0.2) is 4.79 Å². The van der Waals surface area contributed by atoms with Crippen LogP contribution in [0.25, 0.3) is 0 Å². The van der Waals surface area contributed by atoms with Crippen LogP contribution < -0.4 is 0 Å².